The fraction of sp³-hybridized carbons (Fsp3) is 0.385. The van der Waals surface area contributed by atoms with Crippen LogP contribution in [0.15, 0.2) is 54.7 Å². The first-order valence-electron chi connectivity index (χ1n) is 11.7. The van der Waals surface area contributed by atoms with Gasteiger partial charge in [0.1, 0.15) is 17.1 Å². The number of nitrogens with zero attached hydrogens (tertiary/aromatic N) is 2. The molecule has 0 spiro atoms. The molecule has 0 atom stereocenters. The van der Waals surface area contributed by atoms with Crippen LogP contribution in [0, 0.1) is 0 Å². The summed E-state index contributed by atoms with van der Waals surface area (Å²) in [4.78, 5) is 8.04. The summed E-state index contributed by atoms with van der Waals surface area (Å²) >= 11 is 0. The number of anilines is 4. The van der Waals surface area contributed by atoms with Crippen molar-refractivity contribution in [2.75, 3.05) is 17.2 Å². The highest BCUT2D eigenvalue weighted by atomic mass is 19.4. The van der Waals surface area contributed by atoms with Crippen LogP contribution in [-0.2, 0) is 12.6 Å². The molecule has 2 aromatic carbocycles. The lowest BCUT2D eigenvalue weighted by atomic mass is 10.1. The number of benzene rings is 2. The first kappa shape index (κ1) is 25.3. The number of hydrogen-bond donors (Lipinski definition) is 2. The van der Waals surface area contributed by atoms with Gasteiger partial charge in [0.05, 0.1) is 12.3 Å². The minimum absolute atomic E-state index is 0.0677. The number of hydrogen-bond acceptors (Lipinski definition) is 5. The Balaban J connectivity index is 1.82. The Morgan fingerprint density at radius 3 is 2.32 bits per heavy atom. The van der Waals surface area contributed by atoms with E-state index in [2.05, 4.69) is 34.4 Å². The fourth-order valence-corrected chi connectivity index (χ4v) is 3.37. The normalized spacial score (nSPS) is 11.3. The maximum Gasteiger partial charge on any atom is 0.421 e. The Labute approximate surface area is 198 Å². The molecule has 0 unspecified atom stereocenters. The number of para-hydroxylation sites is 2. The van der Waals surface area contributed by atoms with Crippen molar-refractivity contribution in [3.63, 3.8) is 0 Å². The zero-order valence-corrected chi connectivity index (χ0v) is 19.6. The van der Waals surface area contributed by atoms with Crippen molar-refractivity contribution in [1.82, 2.24) is 9.97 Å². The smallest absolute Gasteiger partial charge is 0.421 e. The van der Waals surface area contributed by atoms with E-state index < -0.39 is 11.7 Å². The van der Waals surface area contributed by atoms with Crippen molar-refractivity contribution < 1.29 is 17.9 Å². The highest BCUT2D eigenvalue weighted by molar-refractivity contribution is 5.67. The Kier molecular flexibility index (Phi) is 9.13. The number of nitrogens with one attached hydrogen (secondary N) is 2. The van der Waals surface area contributed by atoms with Gasteiger partial charge in [-0.25, -0.2) is 4.98 Å². The number of alkyl halides is 3. The Morgan fingerprint density at radius 2 is 1.62 bits per heavy atom. The Hall–Kier alpha value is -3.29. The van der Waals surface area contributed by atoms with Crippen molar-refractivity contribution in [2.45, 2.75) is 58.5 Å². The molecule has 5 nitrogen and oxygen atoms in total. The highest BCUT2D eigenvalue weighted by Crippen LogP contribution is 2.37. The molecule has 0 fully saturated rings. The number of aryl methyl sites for hydroxylation is 1. The third-order valence-electron chi connectivity index (χ3n) is 5.27. The van der Waals surface area contributed by atoms with Crippen molar-refractivity contribution in [3.05, 3.63) is 65.9 Å². The third kappa shape index (κ3) is 7.37. The number of halogens is 3. The van der Waals surface area contributed by atoms with Crippen LogP contribution in [0.1, 0.15) is 57.1 Å². The quantitative estimate of drug-likeness (QED) is 0.262. The van der Waals surface area contributed by atoms with Gasteiger partial charge in [-0.3, -0.25) is 0 Å². The summed E-state index contributed by atoms with van der Waals surface area (Å²) in [5.41, 5.74) is 1.37. The summed E-state index contributed by atoms with van der Waals surface area (Å²) in [6.45, 7) is 4.72. The monoisotopic (exact) mass is 472 g/mol. The molecule has 0 radical (unpaired) electrons. The molecule has 0 saturated heterocycles. The SMILES string of the molecule is CCCCCOc1ccccc1Nc1nc(Nc2ccc(CCCC)cc2)ncc1C(F)(F)F. The minimum Gasteiger partial charge on any atom is -0.491 e. The summed E-state index contributed by atoms with van der Waals surface area (Å²) in [5, 5.41) is 5.81. The van der Waals surface area contributed by atoms with Gasteiger partial charge in [-0.1, -0.05) is 57.4 Å². The summed E-state index contributed by atoms with van der Waals surface area (Å²) in [6, 6.07) is 14.6. The summed E-state index contributed by atoms with van der Waals surface area (Å²) in [5.74, 6) is 0.204. The molecular formula is C26H31F3N4O. The predicted molar refractivity (Wildman–Crippen MR) is 130 cm³/mol. The molecule has 0 aliphatic heterocycles. The summed E-state index contributed by atoms with van der Waals surface area (Å²) < 4.78 is 46.8. The Bertz CT molecular complexity index is 1040. The molecule has 0 aliphatic rings. The lowest BCUT2D eigenvalue weighted by Crippen LogP contribution is -2.13. The molecule has 0 bridgehead atoms. The molecule has 182 valence electrons. The van der Waals surface area contributed by atoms with Crippen LogP contribution in [0.4, 0.5) is 36.3 Å². The van der Waals surface area contributed by atoms with E-state index in [4.69, 9.17) is 4.74 Å². The molecule has 34 heavy (non-hydrogen) atoms. The number of unbranched alkanes of at least 4 members (excludes halogenated alkanes) is 3. The van der Waals surface area contributed by atoms with E-state index in [1.165, 1.54) is 5.56 Å². The van der Waals surface area contributed by atoms with Crippen LogP contribution in [0.2, 0.25) is 0 Å². The van der Waals surface area contributed by atoms with Crippen molar-refractivity contribution in [3.8, 4) is 5.75 Å². The Morgan fingerprint density at radius 1 is 0.882 bits per heavy atom. The zero-order chi connectivity index (χ0) is 24.4. The number of aromatic nitrogens is 2. The molecule has 3 aromatic rings. The van der Waals surface area contributed by atoms with E-state index in [1.54, 1.807) is 24.3 Å². The van der Waals surface area contributed by atoms with Gasteiger partial charge < -0.3 is 15.4 Å². The zero-order valence-electron chi connectivity index (χ0n) is 19.6. The van der Waals surface area contributed by atoms with Gasteiger partial charge in [-0.05, 0) is 49.1 Å². The fourth-order valence-electron chi connectivity index (χ4n) is 3.37. The minimum atomic E-state index is -4.61. The van der Waals surface area contributed by atoms with E-state index in [-0.39, 0.29) is 11.8 Å². The topological polar surface area (TPSA) is 59.1 Å². The molecule has 8 heteroatoms. The van der Waals surface area contributed by atoms with Crippen LogP contribution in [0.5, 0.6) is 5.75 Å². The molecule has 3 rings (SSSR count). The average Bonchev–Trinajstić information content (AvgIpc) is 2.82. The highest BCUT2D eigenvalue weighted by Gasteiger charge is 2.35. The molecule has 1 aromatic heterocycles. The number of rotatable bonds is 12. The lowest BCUT2D eigenvalue weighted by molar-refractivity contribution is -0.137. The van der Waals surface area contributed by atoms with Gasteiger partial charge in [0.2, 0.25) is 5.95 Å². The van der Waals surface area contributed by atoms with Crippen LogP contribution in [0.25, 0.3) is 0 Å². The average molecular weight is 473 g/mol. The van der Waals surface area contributed by atoms with Gasteiger partial charge in [-0.15, -0.1) is 0 Å². The second-order valence-corrected chi connectivity index (χ2v) is 8.06. The summed E-state index contributed by atoms with van der Waals surface area (Å²) in [6.07, 6.45) is 2.33. The molecule has 1 heterocycles. The van der Waals surface area contributed by atoms with Gasteiger partial charge in [0.25, 0.3) is 0 Å². The van der Waals surface area contributed by atoms with Crippen LogP contribution < -0.4 is 15.4 Å². The van der Waals surface area contributed by atoms with Gasteiger partial charge >= 0.3 is 6.18 Å². The van der Waals surface area contributed by atoms with Gasteiger partial charge in [0.15, 0.2) is 0 Å². The van der Waals surface area contributed by atoms with Gasteiger partial charge in [0, 0.05) is 11.9 Å². The first-order chi connectivity index (χ1) is 16.4. The largest absolute Gasteiger partial charge is 0.491 e. The van der Waals surface area contributed by atoms with E-state index in [9.17, 15) is 13.2 Å². The molecule has 0 amide bonds. The predicted octanol–water partition coefficient (Wildman–Crippen LogP) is 7.89. The molecular weight excluding hydrogens is 441 g/mol. The first-order valence-corrected chi connectivity index (χ1v) is 11.7. The van der Waals surface area contributed by atoms with Crippen molar-refractivity contribution in [1.29, 1.82) is 0 Å². The second-order valence-electron chi connectivity index (χ2n) is 8.06. The van der Waals surface area contributed by atoms with Crippen LogP contribution >= 0.6 is 0 Å². The van der Waals surface area contributed by atoms with E-state index in [0.717, 1.165) is 44.7 Å². The van der Waals surface area contributed by atoms with Crippen LogP contribution in [0.3, 0.4) is 0 Å². The third-order valence-corrected chi connectivity index (χ3v) is 5.27. The standard InChI is InChI=1S/C26H31F3N4O/c1-3-5-9-17-34-23-12-8-7-11-22(23)32-24-21(26(27,28)29)18-30-25(33-24)31-20-15-13-19(14-16-20)10-6-4-2/h7-8,11-16,18H,3-6,9-10,17H2,1-2H3,(H2,30,31,32,33). The lowest BCUT2D eigenvalue weighted by Gasteiger charge is -2.17. The molecule has 0 aliphatic carbocycles. The van der Waals surface area contributed by atoms with E-state index in [1.807, 2.05) is 24.3 Å². The maximum absolute atomic E-state index is 13.7. The number of ether oxygens (including phenoxy) is 1. The molecule has 0 saturated carbocycles. The van der Waals surface area contributed by atoms with Crippen LogP contribution in [-0.4, -0.2) is 16.6 Å². The second kappa shape index (κ2) is 12.3. The van der Waals surface area contributed by atoms with E-state index >= 15 is 0 Å². The van der Waals surface area contributed by atoms with Crippen molar-refractivity contribution in [2.24, 2.45) is 0 Å². The molecule has 2 N–H and O–H groups in total. The summed E-state index contributed by atoms with van der Waals surface area (Å²) in [7, 11) is 0. The van der Waals surface area contributed by atoms with Crippen molar-refractivity contribution >= 4 is 23.1 Å². The maximum atomic E-state index is 13.7. The van der Waals surface area contributed by atoms with E-state index in [0.29, 0.717) is 23.7 Å². The van der Waals surface area contributed by atoms with Gasteiger partial charge in [-0.2, -0.15) is 18.2 Å².